The third-order valence-corrected chi connectivity index (χ3v) is 3.33. The second-order valence-corrected chi connectivity index (χ2v) is 4.23. The van der Waals surface area contributed by atoms with Crippen LogP contribution in [0, 0.1) is 0 Å². The number of nitrogens with two attached hydrogens (primary N) is 1. The van der Waals surface area contributed by atoms with Crippen LogP contribution in [0.25, 0.3) is 6.08 Å². The first-order valence-corrected chi connectivity index (χ1v) is 5.12. The normalized spacial score (nSPS) is 21.2. The molecule has 4 heteroatoms. The van der Waals surface area contributed by atoms with Gasteiger partial charge in [0.2, 0.25) is 5.91 Å². The van der Waals surface area contributed by atoms with Crippen LogP contribution in [0.15, 0.2) is 24.5 Å². The summed E-state index contributed by atoms with van der Waals surface area (Å²) in [5, 5.41) is 0. The van der Waals surface area contributed by atoms with Gasteiger partial charge in [0, 0.05) is 18.1 Å². The number of carbonyl (C=O) groups excluding carboxylic acids is 1. The minimum Gasteiger partial charge on any atom is -0.368 e. The summed E-state index contributed by atoms with van der Waals surface area (Å²) < 4.78 is 2.11. The van der Waals surface area contributed by atoms with Crippen molar-refractivity contribution in [2.75, 3.05) is 0 Å². The van der Waals surface area contributed by atoms with Crippen molar-refractivity contribution in [2.45, 2.75) is 25.0 Å². The number of hydrogen-bond acceptors (Lipinski definition) is 2. The minimum absolute atomic E-state index is 0.206. The third-order valence-electron chi connectivity index (χ3n) is 3.33. The fraction of sp³-hybridized carbons (Fsp3) is 0.364. The summed E-state index contributed by atoms with van der Waals surface area (Å²) in [6.45, 7) is 0.724. The van der Waals surface area contributed by atoms with E-state index in [1.807, 2.05) is 29.4 Å². The second kappa shape index (κ2) is 2.66. The molecular weight excluding hydrogens is 190 g/mol. The molecule has 1 fully saturated rings. The Labute approximate surface area is 88.0 Å². The van der Waals surface area contributed by atoms with Crippen molar-refractivity contribution in [3.8, 4) is 0 Å². The van der Waals surface area contributed by atoms with Gasteiger partial charge in [-0.25, -0.2) is 0 Å². The molecule has 1 aromatic rings. The number of fused-ring (bicyclic) bond motifs is 1. The first-order valence-electron chi connectivity index (χ1n) is 5.12. The van der Waals surface area contributed by atoms with E-state index in [0.29, 0.717) is 0 Å². The van der Waals surface area contributed by atoms with E-state index in [2.05, 4.69) is 10.6 Å². The van der Waals surface area contributed by atoms with Crippen molar-refractivity contribution >= 4 is 12.0 Å². The Morgan fingerprint density at radius 2 is 2.27 bits per heavy atom. The molecule has 2 heterocycles. The highest BCUT2D eigenvalue weighted by molar-refractivity contribution is 5.88. The van der Waals surface area contributed by atoms with Crippen molar-refractivity contribution in [3.05, 3.63) is 30.2 Å². The summed E-state index contributed by atoms with van der Waals surface area (Å²) in [5.41, 5.74) is 6.20. The highest BCUT2D eigenvalue weighted by atomic mass is 16.2. The predicted molar refractivity (Wildman–Crippen MR) is 56.5 cm³/mol. The van der Waals surface area contributed by atoms with E-state index in [1.54, 1.807) is 0 Å². The monoisotopic (exact) mass is 203 g/mol. The molecule has 78 valence electrons. The van der Waals surface area contributed by atoms with Crippen LogP contribution in [0.3, 0.4) is 0 Å². The maximum absolute atomic E-state index is 11.4. The van der Waals surface area contributed by atoms with Gasteiger partial charge in [-0.3, -0.25) is 4.79 Å². The molecule has 1 aliphatic carbocycles. The van der Waals surface area contributed by atoms with Crippen molar-refractivity contribution in [3.63, 3.8) is 0 Å². The fourth-order valence-electron chi connectivity index (χ4n) is 2.16. The van der Waals surface area contributed by atoms with E-state index in [4.69, 9.17) is 5.73 Å². The summed E-state index contributed by atoms with van der Waals surface area (Å²) in [4.78, 5) is 13.4. The molecule has 15 heavy (non-hydrogen) atoms. The van der Waals surface area contributed by atoms with Crippen LogP contribution in [0.4, 0.5) is 0 Å². The van der Waals surface area contributed by atoms with Gasteiger partial charge in [0.15, 0.2) is 0 Å². The molecule has 1 aliphatic heterocycles. The fourth-order valence-corrected chi connectivity index (χ4v) is 2.16. The number of nitrogens with zero attached hydrogens (tertiary/aromatic N) is 2. The van der Waals surface area contributed by atoms with Gasteiger partial charge in [-0.1, -0.05) is 0 Å². The molecule has 0 saturated heterocycles. The van der Waals surface area contributed by atoms with E-state index in [0.717, 1.165) is 19.5 Å². The number of carbonyl (C=O) groups is 1. The van der Waals surface area contributed by atoms with Crippen molar-refractivity contribution in [2.24, 2.45) is 5.73 Å². The molecule has 3 rings (SSSR count). The van der Waals surface area contributed by atoms with Gasteiger partial charge in [0.1, 0.15) is 5.54 Å². The quantitative estimate of drug-likeness (QED) is 0.771. The van der Waals surface area contributed by atoms with Gasteiger partial charge in [-0.2, -0.15) is 0 Å². The first kappa shape index (κ1) is 8.59. The van der Waals surface area contributed by atoms with Crippen LogP contribution in [-0.4, -0.2) is 20.9 Å². The Bertz CT molecular complexity index is 442. The Morgan fingerprint density at radius 3 is 2.93 bits per heavy atom. The van der Waals surface area contributed by atoms with E-state index in [9.17, 15) is 4.79 Å². The van der Waals surface area contributed by atoms with Crippen LogP contribution >= 0.6 is 0 Å². The Kier molecular flexibility index (Phi) is 1.52. The highest BCUT2D eigenvalue weighted by Crippen LogP contribution is 2.43. The van der Waals surface area contributed by atoms with Crippen LogP contribution < -0.4 is 5.73 Å². The molecule has 0 spiro atoms. The van der Waals surface area contributed by atoms with E-state index < -0.39 is 5.54 Å². The van der Waals surface area contributed by atoms with Gasteiger partial charge < -0.3 is 15.2 Å². The standard InChI is InChI=1S/C11H13N3O/c12-10(15)11(4-5-11)14-7-3-9-2-1-6-13(9)8-14/h1-3,6-7H,4-5,8H2,(H2,12,15). The molecular formula is C11H13N3O. The largest absolute Gasteiger partial charge is 0.368 e. The molecule has 1 aromatic heterocycles. The molecule has 0 aromatic carbocycles. The number of primary amides is 1. The topological polar surface area (TPSA) is 51.3 Å². The minimum atomic E-state index is -0.404. The third kappa shape index (κ3) is 1.11. The Hall–Kier alpha value is -1.71. The molecule has 0 atom stereocenters. The van der Waals surface area contributed by atoms with E-state index >= 15 is 0 Å². The van der Waals surface area contributed by atoms with Gasteiger partial charge in [-0.05, 0) is 31.1 Å². The number of rotatable bonds is 2. The smallest absolute Gasteiger partial charge is 0.243 e. The average molecular weight is 203 g/mol. The summed E-state index contributed by atoms with van der Waals surface area (Å²) in [6.07, 6.45) is 7.77. The van der Waals surface area contributed by atoms with Crippen LogP contribution in [0.5, 0.6) is 0 Å². The van der Waals surface area contributed by atoms with Crippen molar-refractivity contribution < 1.29 is 4.79 Å². The van der Waals surface area contributed by atoms with Gasteiger partial charge in [0.05, 0.1) is 6.67 Å². The molecule has 1 saturated carbocycles. The number of amides is 1. The molecule has 0 bridgehead atoms. The zero-order chi connectivity index (χ0) is 10.5. The highest BCUT2D eigenvalue weighted by Gasteiger charge is 2.53. The van der Waals surface area contributed by atoms with Gasteiger partial charge in [-0.15, -0.1) is 0 Å². The molecule has 1 amide bonds. The maximum atomic E-state index is 11.4. The average Bonchev–Trinajstić information content (AvgIpc) is 2.91. The maximum Gasteiger partial charge on any atom is 0.243 e. The lowest BCUT2D eigenvalue weighted by molar-refractivity contribution is -0.124. The van der Waals surface area contributed by atoms with E-state index in [1.165, 1.54) is 5.69 Å². The first-order chi connectivity index (χ1) is 7.22. The number of aromatic nitrogens is 1. The predicted octanol–water partition coefficient (Wildman–Crippen LogP) is 0.750. The lowest BCUT2D eigenvalue weighted by atomic mass is 10.2. The molecule has 2 N–H and O–H groups in total. The summed E-state index contributed by atoms with van der Waals surface area (Å²) >= 11 is 0. The van der Waals surface area contributed by atoms with Crippen LogP contribution in [0.2, 0.25) is 0 Å². The number of hydrogen-bond donors (Lipinski definition) is 1. The Morgan fingerprint density at radius 1 is 1.47 bits per heavy atom. The molecule has 0 radical (unpaired) electrons. The molecule has 2 aliphatic rings. The second-order valence-electron chi connectivity index (χ2n) is 4.23. The van der Waals surface area contributed by atoms with Gasteiger partial charge in [0.25, 0.3) is 0 Å². The zero-order valence-corrected chi connectivity index (χ0v) is 8.39. The molecule has 0 unspecified atom stereocenters. The van der Waals surface area contributed by atoms with Crippen molar-refractivity contribution in [1.82, 2.24) is 9.47 Å². The Balaban J connectivity index is 1.91. The van der Waals surface area contributed by atoms with Gasteiger partial charge >= 0.3 is 0 Å². The lowest BCUT2D eigenvalue weighted by Crippen LogP contribution is -2.45. The lowest BCUT2D eigenvalue weighted by Gasteiger charge is -2.31. The van der Waals surface area contributed by atoms with Crippen LogP contribution in [0.1, 0.15) is 18.5 Å². The molecule has 4 nitrogen and oxygen atoms in total. The zero-order valence-electron chi connectivity index (χ0n) is 8.39. The van der Waals surface area contributed by atoms with E-state index in [-0.39, 0.29) is 5.91 Å². The SMILES string of the molecule is NC(=O)C1(N2C=Cc3cccn3C2)CC1. The summed E-state index contributed by atoms with van der Waals surface area (Å²) in [5.74, 6) is -0.206. The van der Waals surface area contributed by atoms with Crippen molar-refractivity contribution in [1.29, 1.82) is 0 Å². The van der Waals surface area contributed by atoms with Crippen LogP contribution in [-0.2, 0) is 11.5 Å². The summed E-state index contributed by atoms with van der Waals surface area (Å²) in [7, 11) is 0. The summed E-state index contributed by atoms with van der Waals surface area (Å²) in [6, 6.07) is 4.06.